The molecule has 1 heterocycles. The van der Waals surface area contributed by atoms with E-state index in [1.54, 1.807) is 10.9 Å². The highest BCUT2D eigenvalue weighted by molar-refractivity contribution is 5.94. The van der Waals surface area contributed by atoms with Crippen molar-refractivity contribution < 1.29 is 4.79 Å². The lowest BCUT2D eigenvalue weighted by molar-refractivity contribution is -0.117. The Morgan fingerprint density at radius 3 is 2.85 bits per heavy atom. The van der Waals surface area contributed by atoms with Gasteiger partial charge in [-0.3, -0.25) is 9.48 Å². The van der Waals surface area contributed by atoms with E-state index in [1.165, 1.54) is 0 Å². The number of anilines is 1. The summed E-state index contributed by atoms with van der Waals surface area (Å²) >= 11 is 0. The number of nitrogens with zero attached hydrogens (tertiary/aromatic N) is 3. The highest BCUT2D eigenvalue weighted by Crippen LogP contribution is 2.05. The van der Waals surface area contributed by atoms with Gasteiger partial charge in [-0.25, -0.2) is 0 Å². The fourth-order valence-electron chi connectivity index (χ4n) is 1.78. The molecule has 1 aromatic carbocycles. The third kappa shape index (κ3) is 4.47. The molecule has 0 saturated heterocycles. The molecule has 0 radical (unpaired) electrons. The molecule has 106 valence electrons. The first-order valence-electron chi connectivity index (χ1n) is 6.69. The number of amides is 1. The van der Waals surface area contributed by atoms with Crippen LogP contribution in [0.4, 0.5) is 5.69 Å². The molecule has 0 aliphatic rings. The first-order chi connectivity index (χ1) is 9.75. The largest absolute Gasteiger partial charge is 0.325 e. The highest BCUT2D eigenvalue weighted by Gasteiger charge is 2.11. The van der Waals surface area contributed by atoms with Crippen molar-refractivity contribution in [3.8, 4) is 0 Å². The molecule has 1 aromatic heterocycles. The van der Waals surface area contributed by atoms with E-state index >= 15 is 0 Å². The van der Waals surface area contributed by atoms with Gasteiger partial charge < -0.3 is 10.6 Å². The Morgan fingerprint density at radius 2 is 2.15 bits per heavy atom. The summed E-state index contributed by atoms with van der Waals surface area (Å²) in [5.74, 6) is -0.0306. The van der Waals surface area contributed by atoms with Crippen LogP contribution < -0.4 is 10.6 Å². The Bertz CT molecular complexity index is 512. The second-order valence-electron chi connectivity index (χ2n) is 4.55. The summed E-state index contributed by atoms with van der Waals surface area (Å²) in [6.45, 7) is 3.40. The van der Waals surface area contributed by atoms with Gasteiger partial charge in [0.2, 0.25) is 5.91 Å². The van der Waals surface area contributed by atoms with E-state index < -0.39 is 0 Å². The zero-order valence-electron chi connectivity index (χ0n) is 11.5. The average Bonchev–Trinajstić information content (AvgIpc) is 2.97. The first-order valence-corrected chi connectivity index (χ1v) is 6.69. The van der Waals surface area contributed by atoms with Crippen LogP contribution in [0.15, 0.2) is 42.7 Å². The smallest absolute Gasteiger partial charge is 0.241 e. The van der Waals surface area contributed by atoms with Gasteiger partial charge >= 0.3 is 0 Å². The summed E-state index contributed by atoms with van der Waals surface area (Å²) in [5, 5.41) is 13.7. The summed E-state index contributed by atoms with van der Waals surface area (Å²) < 4.78 is 1.77. The van der Waals surface area contributed by atoms with Crippen LogP contribution >= 0.6 is 0 Å². The number of aryl methyl sites for hydroxylation is 1. The molecule has 1 amide bonds. The van der Waals surface area contributed by atoms with Crippen LogP contribution in [0.3, 0.4) is 0 Å². The van der Waals surface area contributed by atoms with Crippen LogP contribution in [-0.4, -0.2) is 33.5 Å². The van der Waals surface area contributed by atoms with E-state index in [1.807, 2.05) is 43.5 Å². The summed E-state index contributed by atoms with van der Waals surface area (Å²) in [5.41, 5.74) is 0.814. The number of rotatable bonds is 7. The van der Waals surface area contributed by atoms with Gasteiger partial charge in [0, 0.05) is 18.4 Å². The molecule has 0 aliphatic heterocycles. The number of hydrogen-bond acceptors (Lipinski definition) is 4. The molecule has 0 aliphatic carbocycles. The maximum atomic E-state index is 11.9. The van der Waals surface area contributed by atoms with Gasteiger partial charge in [-0.15, -0.1) is 5.10 Å². The second-order valence-corrected chi connectivity index (χ2v) is 4.55. The molecule has 0 spiro atoms. The Hall–Kier alpha value is -2.21. The Kier molecular flexibility index (Phi) is 5.25. The van der Waals surface area contributed by atoms with Crippen LogP contribution in [0.1, 0.15) is 13.3 Å². The molecule has 1 atom stereocenters. The summed E-state index contributed by atoms with van der Waals surface area (Å²) in [6.07, 6.45) is 4.38. The number of nitrogens with one attached hydrogen (secondary N) is 2. The second kappa shape index (κ2) is 7.40. The molecule has 1 unspecified atom stereocenters. The topological polar surface area (TPSA) is 71.8 Å². The van der Waals surface area contributed by atoms with Crippen molar-refractivity contribution in [1.29, 1.82) is 0 Å². The number of benzene rings is 1. The number of carbonyl (C=O) groups is 1. The Balaban J connectivity index is 1.66. The number of aromatic nitrogens is 3. The van der Waals surface area contributed by atoms with Crippen LogP contribution in [-0.2, 0) is 11.3 Å². The van der Waals surface area contributed by atoms with E-state index in [0.717, 1.165) is 25.2 Å². The quantitative estimate of drug-likeness (QED) is 0.746. The van der Waals surface area contributed by atoms with Crippen LogP contribution in [0, 0.1) is 0 Å². The van der Waals surface area contributed by atoms with Crippen molar-refractivity contribution in [2.45, 2.75) is 25.9 Å². The summed E-state index contributed by atoms with van der Waals surface area (Å²) in [6, 6.07) is 9.22. The normalized spacial score (nSPS) is 12.1. The molecular weight excluding hydrogens is 254 g/mol. The molecular formula is C14H19N5O. The minimum absolute atomic E-state index is 0.0306. The van der Waals surface area contributed by atoms with Crippen molar-refractivity contribution in [3.05, 3.63) is 42.7 Å². The molecule has 0 fully saturated rings. The summed E-state index contributed by atoms with van der Waals surface area (Å²) in [4.78, 5) is 11.9. The number of carbonyl (C=O) groups excluding carboxylic acids is 1. The van der Waals surface area contributed by atoms with E-state index in [9.17, 15) is 4.79 Å². The van der Waals surface area contributed by atoms with E-state index in [-0.39, 0.29) is 11.9 Å². The molecule has 20 heavy (non-hydrogen) atoms. The van der Waals surface area contributed by atoms with Gasteiger partial charge in [-0.05, 0) is 32.0 Å². The van der Waals surface area contributed by atoms with Gasteiger partial charge in [0.05, 0.1) is 12.2 Å². The lowest BCUT2D eigenvalue weighted by Crippen LogP contribution is -2.38. The monoisotopic (exact) mass is 273 g/mol. The van der Waals surface area contributed by atoms with Crippen LogP contribution in [0.5, 0.6) is 0 Å². The maximum absolute atomic E-state index is 11.9. The van der Waals surface area contributed by atoms with Crippen LogP contribution in [0.25, 0.3) is 0 Å². The molecule has 2 rings (SSSR count). The number of para-hydroxylation sites is 1. The van der Waals surface area contributed by atoms with E-state index in [4.69, 9.17) is 0 Å². The molecule has 0 bridgehead atoms. The Labute approximate surface area is 118 Å². The predicted molar refractivity (Wildman–Crippen MR) is 77.2 cm³/mol. The summed E-state index contributed by atoms with van der Waals surface area (Å²) in [7, 11) is 0. The Morgan fingerprint density at radius 1 is 1.35 bits per heavy atom. The zero-order valence-corrected chi connectivity index (χ0v) is 11.5. The van der Waals surface area contributed by atoms with Gasteiger partial charge in [-0.1, -0.05) is 23.4 Å². The third-order valence-electron chi connectivity index (χ3n) is 2.92. The van der Waals surface area contributed by atoms with Crippen molar-refractivity contribution in [3.63, 3.8) is 0 Å². The molecule has 2 N–H and O–H groups in total. The van der Waals surface area contributed by atoms with Crippen molar-refractivity contribution in [1.82, 2.24) is 20.3 Å². The van der Waals surface area contributed by atoms with Crippen LogP contribution in [0.2, 0.25) is 0 Å². The average molecular weight is 273 g/mol. The van der Waals surface area contributed by atoms with Gasteiger partial charge in [-0.2, -0.15) is 0 Å². The lowest BCUT2D eigenvalue weighted by Gasteiger charge is -2.14. The lowest BCUT2D eigenvalue weighted by atomic mass is 10.2. The van der Waals surface area contributed by atoms with Gasteiger partial charge in [0.25, 0.3) is 0 Å². The minimum atomic E-state index is -0.231. The van der Waals surface area contributed by atoms with Gasteiger partial charge in [0.15, 0.2) is 0 Å². The first kappa shape index (κ1) is 14.2. The van der Waals surface area contributed by atoms with Crippen molar-refractivity contribution >= 4 is 11.6 Å². The zero-order chi connectivity index (χ0) is 14.2. The molecule has 6 nitrogen and oxygen atoms in total. The van der Waals surface area contributed by atoms with Gasteiger partial charge in [0.1, 0.15) is 0 Å². The van der Waals surface area contributed by atoms with E-state index in [2.05, 4.69) is 20.9 Å². The predicted octanol–water partition coefficient (Wildman–Crippen LogP) is 1.28. The van der Waals surface area contributed by atoms with Crippen molar-refractivity contribution in [2.24, 2.45) is 0 Å². The number of hydrogen-bond donors (Lipinski definition) is 2. The third-order valence-corrected chi connectivity index (χ3v) is 2.92. The highest BCUT2D eigenvalue weighted by atomic mass is 16.2. The standard InChI is InChI=1S/C14H19N5O/c1-12(14(20)17-13-6-3-2-4-7-13)15-8-5-10-19-11-9-16-18-19/h2-4,6-7,9,11-12,15H,5,8,10H2,1H3,(H,17,20). The molecule has 6 heteroatoms. The maximum Gasteiger partial charge on any atom is 0.241 e. The molecule has 2 aromatic rings. The van der Waals surface area contributed by atoms with Crippen molar-refractivity contribution in [2.75, 3.05) is 11.9 Å². The SMILES string of the molecule is CC(NCCCn1ccnn1)C(=O)Nc1ccccc1. The fraction of sp³-hybridized carbons (Fsp3) is 0.357. The molecule has 0 saturated carbocycles. The fourth-order valence-corrected chi connectivity index (χ4v) is 1.78. The van der Waals surface area contributed by atoms with E-state index in [0.29, 0.717) is 0 Å². The minimum Gasteiger partial charge on any atom is -0.325 e.